The normalized spacial score (nSPS) is 11.2. The molecule has 26 heavy (non-hydrogen) atoms. The summed E-state index contributed by atoms with van der Waals surface area (Å²) >= 11 is 0. The van der Waals surface area contributed by atoms with Crippen LogP contribution in [-0.2, 0) is 11.3 Å². The van der Waals surface area contributed by atoms with E-state index >= 15 is 0 Å². The standard InChI is InChI=1S/C21H26N4O/c1-14(2)16-8-6-7-15(3)20(16)23-21-17-10-12-25(13-19(26)24(4)5)18(17)9-11-22-21/h6-12,14H,13H2,1-5H3,(H,22,23). The molecule has 0 aliphatic heterocycles. The molecule has 1 aromatic carbocycles. The van der Waals surface area contributed by atoms with Crippen molar-refractivity contribution in [1.29, 1.82) is 0 Å². The minimum absolute atomic E-state index is 0.0646. The number of benzene rings is 1. The number of rotatable bonds is 5. The van der Waals surface area contributed by atoms with Crippen molar-refractivity contribution in [2.75, 3.05) is 19.4 Å². The first-order chi connectivity index (χ1) is 12.4. The lowest BCUT2D eigenvalue weighted by atomic mass is 9.98. The third-order valence-electron chi connectivity index (χ3n) is 4.67. The first-order valence-electron chi connectivity index (χ1n) is 8.89. The van der Waals surface area contributed by atoms with Crippen molar-refractivity contribution >= 4 is 28.3 Å². The number of aromatic nitrogens is 2. The highest BCUT2D eigenvalue weighted by atomic mass is 16.2. The highest BCUT2D eigenvalue weighted by molar-refractivity contribution is 5.93. The van der Waals surface area contributed by atoms with Crippen molar-refractivity contribution in [3.8, 4) is 0 Å². The van der Waals surface area contributed by atoms with E-state index in [0.29, 0.717) is 12.5 Å². The highest BCUT2D eigenvalue weighted by Crippen LogP contribution is 2.32. The molecule has 5 nitrogen and oxygen atoms in total. The Morgan fingerprint density at radius 2 is 2.00 bits per heavy atom. The molecule has 5 heteroatoms. The van der Waals surface area contributed by atoms with E-state index < -0.39 is 0 Å². The minimum atomic E-state index is 0.0646. The molecule has 0 aliphatic carbocycles. The van der Waals surface area contributed by atoms with Crippen LogP contribution in [0.15, 0.2) is 42.7 Å². The summed E-state index contributed by atoms with van der Waals surface area (Å²) in [5, 5.41) is 4.55. The first kappa shape index (κ1) is 18.0. The van der Waals surface area contributed by atoms with Crippen molar-refractivity contribution in [2.24, 2.45) is 0 Å². The zero-order valence-electron chi connectivity index (χ0n) is 16.1. The lowest BCUT2D eigenvalue weighted by Crippen LogP contribution is -2.25. The molecule has 0 saturated heterocycles. The number of pyridine rings is 1. The third-order valence-corrected chi connectivity index (χ3v) is 4.67. The number of aryl methyl sites for hydroxylation is 1. The lowest BCUT2D eigenvalue weighted by Gasteiger charge is -2.17. The smallest absolute Gasteiger partial charge is 0.241 e. The van der Waals surface area contributed by atoms with Gasteiger partial charge in [0.05, 0.1) is 5.52 Å². The van der Waals surface area contributed by atoms with Gasteiger partial charge < -0.3 is 14.8 Å². The van der Waals surface area contributed by atoms with Gasteiger partial charge in [-0.15, -0.1) is 0 Å². The molecule has 2 heterocycles. The quantitative estimate of drug-likeness (QED) is 0.746. The van der Waals surface area contributed by atoms with Gasteiger partial charge >= 0.3 is 0 Å². The SMILES string of the molecule is Cc1cccc(C(C)C)c1Nc1nccc2c1ccn2CC(=O)N(C)C. The summed E-state index contributed by atoms with van der Waals surface area (Å²) in [5.41, 5.74) is 4.57. The number of nitrogens with one attached hydrogen (secondary N) is 1. The summed E-state index contributed by atoms with van der Waals surface area (Å²) in [6, 6.07) is 10.3. The van der Waals surface area contributed by atoms with Crippen LogP contribution in [0.2, 0.25) is 0 Å². The average Bonchev–Trinajstić information content (AvgIpc) is 3.00. The fourth-order valence-corrected chi connectivity index (χ4v) is 3.11. The van der Waals surface area contributed by atoms with Gasteiger partial charge in [-0.3, -0.25) is 4.79 Å². The monoisotopic (exact) mass is 350 g/mol. The predicted molar refractivity (Wildman–Crippen MR) is 107 cm³/mol. The zero-order valence-corrected chi connectivity index (χ0v) is 16.1. The van der Waals surface area contributed by atoms with Crippen molar-refractivity contribution in [3.05, 3.63) is 53.9 Å². The number of carbonyl (C=O) groups is 1. The molecule has 3 rings (SSSR count). The summed E-state index contributed by atoms with van der Waals surface area (Å²) in [7, 11) is 3.54. The summed E-state index contributed by atoms with van der Waals surface area (Å²) < 4.78 is 1.96. The Morgan fingerprint density at radius 1 is 1.23 bits per heavy atom. The molecule has 0 fully saturated rings. The molecular formula is C21H26N4O. The Balaban J connectivity index is 2.01. The largest absolute Gasteiger partial charge is 0.347 e. The van der Waals surface area contributed by atoms with Crippen molar-refractivity contribution in [1.82, 2.24) is 14.5 Å². The molecule has 1 N–H and O–H groups in total. The molecule has 0 aliphatic rings. The number of likely N-dealkylation sites (N-methyl/N-ethyl adjacent to an activating group) is 1. The van der Waals surface area contributed by atoms with Gasteiger partial charge in [-0.05, 0) is 36.1 Å². The van der Waals surface area contributed by atoms with E-state index in [9.17, 15) is 4.79 Å². The first-order valence-corrected chi connectivity index (χ1v) is 8.89. The van der Waals surface area contributed by atoms with Gasteiger partial charge in [-0.2, -0.15) is 0 Å². The van der Waals surface area contributed by atoms with E-state index in [1.165, 1.54) is 11.1 Å². The maximum Gasteiger partial charge on any atom is 0.241 e. The van der Waals surface area contributed by atoms with E-state index in [1.807, 2.05) is 22.9 Å². The average molecular weight is 350 g/mol. The van der Waals surface area contributed by atoms with Gasteiger partial charge in [0.15, 0.2) is 0 Å². The molecule has 0 saturated carbocycles. The maximum atomic E-state index is 12.1. The van der Waals surface area contributed by atoms with Gasteiger partial charge in [0.1, 0.15) is 12.4 Å². The van der Waals surface area contributed by atoms with Crippen LogP contribution in [0, 0.1) is 6.92 Å². The van der Waals surface area contributed by atoms with Gasteiger partial charge in [0, 0.05) is 37.6 Å². The van der Waals surface area contributed by atoms with Crippen LogP contribution in [0.25, 0.3) is 10.9 Å². The van der Waals surface area contributed by atoms with Crippen LogP contribution >= 0.6 is 0 Å². The van der Waals surface area contributed by atoms with Crippen LogP contribution in [0.5, 0.6) is 0 Å². The van der Waals surface area contributed by atoms with Gasteiger partial charge in [-0.1, -0.05) is 32.0 Å². The van der Waals surface area contributed by atoms with Crippen LogP contribution < -0.4 is 5.32 Å². The zero-order chi connectivity index (χ0) is 18.8. The number of anilines is 2. The molecule has 0 radical (unpaired) electrons. The fraction of sp³-hybridized carbons (Fsp3) is 0.333. The highest BCUT2D eigenvalue weighted by Gasteiger charge is 2.14. The summed E-state index contributed by atoms with van der Waals surface area (Å²) in [6.07, 6.45) is 3.73. The topological polar surface area (TPSA) is 50.2 Å². The van der Waals surface area contributed by atoms with Crippen LogP contribution in [-0.4, -0.2) is 34.5 Å². The number of fused-ring (bicyclic) bond motifs is 1. The van der Waals surface area contributed by atoms with Crippen LogP contribution in [0.1, 0.15) is 30.9 Å². The van der Waals surface area contributed by atoms with Crippen LogP contribution in [0.4, 0.5) is 11.5 Å². The Morgan fingerprint density at radius 3 is 2.69 bits per heavy atom. The second-order valence-electron chi connectivity index (χ2n) is 7.14. The Hall–Kier alpha value is -2.82. The molecular weight excluding hydrogens is 324 g/mol. The molecule has 2 aromatic heterocycles. The van der Waals surface area contributed by atoms with Crippen molar-refractivity contribution in [3.63, 3.8) is 0 Å². The molecule has 1 amide bonds. The molecule has 0 unspecified atom stereocenters. The molecule has 136 valence electrons. The molecule has 0 spiro atoms. The Labute approximate surface area is 154 Å². The lowest BCUT2D eigenvalue weighted by molar-refractivity contribution is -0.129. The van der Waals surface area contributed by atoms with Crippen molar-refractivity contribution < 1.29 is 4.79 Å². The summed E-state index contributed by atoms with van der Waals surface area (Å²) in [5.74, 6) is 1.29. The maximum absolute atomic E-state index is 12.1. The van der Waals surface area contributed by atoms with E-state index in [0.717, 1.165) is 22.4 Å². The molecule has 0 atom stereocenters. The molecule has 0 bridgehead atoms. The second-order valence-corrected chi connectivity index (χ2v) is 7.14. The minimum Gasteiger partial charge on any atom is -0.347 e. The van der Waals surface area contributed by atoms with Gasteiger partial charge in [0.25, 0.3) is 0 Å². The van der Waals surface area contributed by atoms with Crippen LogP contribution in [0.3, 0.4) is 0 Å². The molecule has 3 aromatic rings. The predicted octanol–water partition coefficient (Wildman–Crippen LogP) is 4.30. The third kappa shape index (κ3) is 3.43. The Bertz CT molecular complexity index is 940. The van der Waals surface area contributed by atoms with E-state index in [-0.39, 0.29) is 5.91 Å². The number of hydrogen-bond donors (Lipinski definition) is 1. The number of carbonyl (C=O) groups excluding carboxylic acids is 1. The summed E-state index contributed by atoms with van der Waals surface area (Å²) in [4.78, 5) is 18.2. The second kappa shape index (κ2) is 7.20. The summed E-state index contributed by atoms with van der Waals surface area (Å²) in [6.45, 7) is 6.81. The van der Waals surface area contributed by atoms with E-state index in [2.05, 4.69) is 49.3 Å². The van der Waals surface area contributed by atoms with Gasteiger partial charge in [-0.25, -0.2) is 4.98 Å². The van der Waals surface area contributed by atoms with Crippen molar-refractivity contribution in [2.45, 2.75) is 33.2 Å². The number of amides is 1. The Kier molecular flexibility index (Phi) is 4.98. The fourth-order valence-electron chi connectivity index (χ4n) is 3.11. The number of nitrogens with zero attached hydrogens (tertiary/aromatic N) is 3. The van der Waals surface area contributed by atoms with E-state index in [1.54, 1.807) is 25.2 Å². The number of hydrogen-bond acceptors (Lipinski definition) is 3. The van der Waals surface area contributed by atoms with Gasteiger partial charge in [0.2, 0.25) is 5.91 Å². The number of para-hydroxylation sites is 1. The van der Waals surface area contributed by atoms with E-state index in [4.69, 9.17) is 0 Å².